The number of allylic oxidation sites excluding steroid dienone is 1. The average Bonchev–Trinajstić information content (AvgIpc) is 2.86. The lowest BCUT2D eigenvalue weighted by Gasteiger charge is -2.08. The van der Waals surface area contributed by atoms with Gasteiger partial charge in [0.1, 0.15) is 17.9 Å². The molecule has 24 heavy (non-hydrogen) atoms. The Kier molecular flexibility index (Phi) is 5.18. The van der Waals surface area contributed by atoms with E-state index in [2.05, 4.69) is 0 Å². The molecule has 0 aliphatic heterocycles. The van der Waals surface area contributed by atoms with Crippen molar-refractivity contribution in [1.82, 2.24) is 0 Å². The first-order valence-electron chi connectivity index (χ1n) is 7.40. The van der Waals surface area contributed by atoms with E-state index in [-0.39, 0.29) is 17.7 Å². The Labute approximate surface area is 139 Å². The predicted molar refractivity (Wildman–Crippen MR) is 89.4 cm³/mol. The zero-order valence-corrected chi connectivity index (χ0v) is 13.8. The number of fused-ring (bicyclic) bond motifs is 1. The molecule has 0 amide bonds. The van der Waals surface area contributed by atoms with Crippen LogP contribution in [-0.2, 0) is 20.7 Å². The van der Waals surface area contributed by atoms with Crippen LogP contribution in [0.4, 0.5) is 0 Å². The van der Waals surface area contributed by atoms with Crippen molar-refractivity contribution in [1.29, 1.82) is 5.41 Å². The second-order valence-corrected chi connectivity index (χ2v) is 5.60. The van der Waals surface area contributed by atoms with E-state index < -0.39 is 24.1 Å². The number of hydrogen-bond donors (Lipinski definition) is 2. The van der Waals surface area contributed by atoms with E-state index in [0.29, 0.717) is 11.1 Å². The topological polar surface area (TPSA) is 101 Å². The number of ketones is 1. The van der Waals surface area contributed by atoms with Crippen LogP contribution in [0.15, 0.2) is 40.2 Å². The van der Waals surface area contributed by atoms with Crippen molar-refractivity contribution in [3.8, 4) is 0 Å². The van der Waals surface area contributed by atoms with Crippen molar-refractivity contribution in [2.24, 2.45) is 0 Å². The van der Waals surface area contributed by atoms with Crippen LogP contribution in [0.5, 0.6) is 0 Å². The van der Waals surface area contributed by atoms with E-state index in [1.165, 1.54) is 20.1 Å². The highest BCUT2D eigenvalue weighted by Gasteiger charge is 2.16. The molecular weight excluding hydrogens is 310 g/mol. The number of carbonyl (C=O) groups is 2. The molecule has 1 aromatic heterocycles. The number of aliphatic hydroxyl groups is 1. The molecule has 0 saturated heterocycles. The Morgan fingerprint density at radius 1 is 1.29 bits per heavy atom. The summed E-state index contributed by atoms with van der Waals surface area (Å²) in [4.78, 5) is 23.3. The summed E-state index contributed by atoms with van der Waals surface area (Å²) >= 11 is 0. The highest BCUT2D eigenvalue weighted by molar-refractivity contribution is 6.19. The molecule has 0 aliphatic carbocycles. The molecule has 0 saturated carbocycles. The van der Waals surface area contributed by atoms with Gasteiger partial charge in [0.25, 0.3) is 0 Å². The van der Waals surface area contributed by atoms with Gasteiger partial charge in [0.2, 0.25) is 0 Å². The van der Waals surface area contributed by atoms with Crippen LogP contribution in [0.25, 0.3) is 11.0 Å². The van der Waals surface area contributed by atoms with Crippen molar-refractivity contribution >= 4 is 28.4 Å². The van der Waals surface area contributed by atoms with Gasteiger partial charge in [-0.15, -0.1) is 0 Å². The number of Topliss-reactive ketones (excluding diaryl/α,β-unsaturated/α-hetero) is 1. The van der Waals surface area contributed by atoms with Gasteiger partial charge in [-0.25, -0.2) is 0 Å². The summed E-state index contributed by atoms with van der Waals surface area (Å²) in [6, 6.07) is 5.68. The van der Waals surface area contributed by atoms with E-state index in [0.717, 1.165) is 10.9 Å². The summed E-state index contributed by atoms with van der Waals surface area (Å²) in [5.41, 5.74) is 2.23. The SMILES string of the molecule is CC(=N)/C(C(C)=O)=C(\O)COC(=O)Cc1coc2cc(C)ccc12. The van der Waals surface area contributed by atoms with E-state index in [1.807, 2.05) is 25.1 Å². The zero-order valence-electron chi connectivity index (χ0n) is 13.8. The normalized spacial score (nSPS) is 12.0. The number of carbonyl (C=O) groups excluding carboxylic acids is 2. The second-order valence-electron chi connectivity index (χ2n) is 5.60. The Hall–Kier alpha value is -2.89. The van der Waals surface area contributed by atoms with Gasteiger partial charge in [0, 0.05) is 16.7 Å². The maximum absolute atomic E-state index is 12.0. The first kappa shape index (κ1) is 17.5. The highest BCUT2D eigenvalue weighted by Crippen LogP contribution is 2.23. The Bertz CT molecular complexity index is 828. The number of furan rings is 1. The van der Waals surface area contributed by atoms with Gasteiger partial charge < -0.3 is 19.7 Å². The first-order valence-corrected chi connectivity index (χ1v) is 7.40. The maximum Gasteiger partial charge on any atom is 0.310 e. The lowest BCUT2D eigenvalue weighted by molar-refractivity contribution is -0.142. The quantitative estimate of drug-likeness (QED) is 0.367. The summed E-state index contributed by atoms with van der Waals surface area (Å²) in [7, 11) is 0. The van der Waals surface area contributed by atoms with Crippen LogP contribution in [0.3, 0.4) is 0 Å². The molecule has 0 atom stereocenters. The number of rotatable bonds is 6. The summed E-state index contributed by atoms with van der Waals surface area (Å²) in [6.45, 7) is 4.13. The third kappa shape index (κ3) is 3.90. The number of aliphatic hydroxyl groups excluding tert-OH is 1. The summed E-state index contributed by atoms with van der Waals surface area (Å²) < 4.78 is 10.4. The number of hydrogen-bond acceptors (Lipinski definition) is 6. The van der Waals surface area contributed by atoms with Gasteiger partial charge in [-0.1, -0.05) is 12.1 Å². The molecule has 1 aromatic carbocycles. The van der Waals surface area contributed by atoms with E-state index >= 15 is 0 Å². The van der Waals surface area contributed by atoms with Gasteiger partial charge in [-0.05, 0) is 32.4 Å². The summed E-state index contributed by atoms with van der Waals surface area (Å²) in [5, 5.41) is 18.2. The maximum atomic E-state index is 12.0. The minimum Gasteiger partial charge on any atom is -0.508 e. The molecule has 126 valence electrons. The average molecular weight is 329 g/mol. The zero-order chi connectivity index (χ0) is 17.9. The standard InChI is InChI=1S/C18H19NO5/c1-10-4-5-14-13(8-23-16(14)6-10)7-17(22)24-9-15(21)18(11(2)19)12(3)20/h4-6,8,19,21H,7,9H2,1-3H3/b18-15+,19-11?. The van der Waals surface area contributed by atoms with Gasteiger partial charge in [-0.3, -0.25) is 9.59 Å². The third-order valence-electron chi connectivity index (χ3n) is 3.53. The van der Waals surface area contributed by atoms with Gasteiger partial charge in [0.15, 0.2) is 5.78 Å². The third-order valence-corrected chi connectivity index (χ3v) is 3.53. The first-order chi connectivity index (χ1) is 11.3. The largest absolute Gasteiger partial charge is 0.508 e. The summed E-state index contributed by atoms with van der Waals surface area (Å²) in [5.74, 6) is -1.43. The van der Waals surface area contributed by atoms with Crippen LogP contribution in [0.1, 0.15) is 25.0 Å². The van der Waals surface area contributed by atoms with Crippen molar-refractivity contribution in [3.05, 3.63) is 46.9 Å². The number of benzene rings is 1. The van der Waals surface area contributed by atoms with Crippen LogP contribution in [0.2, 0.25) is 0 Å². The fraction of sp³-hybridized carbons (Fsp3) is 0.278. The molecule has 0 aliphatic rings. The molecule has 0 fully saturated rings. The molecular formula is C18H19NO5. The smallest absolute Gasteiger partial charge is 0.310 e. The molecule has 0 radical (unpaired) electrons. The molecule has 2 rings (SSSR count). The fourth-order valence-electron chi connectivity index (χ4n) is 2.44. The van der Waals surface area contributed by atoms with Crippen LogP contribution in [-0.4, -0.2) is 29.2 Å². The van der Waals surface area contributed by atoms with E-state index in [4.69, 9.17) is 14.6 Å². The predicted octanol–water partition coefficient (Wildman–Crippen LogP) is 3.27. The molecule has 1 heterocycles. The highest BCUT2D eigenvalue weighted by atomic mass is 16.5. The molecule has 6 heteroatoms. The van der Waals surface area contributed by atoms with Crippen LogP contribution < -0.4 is 0 Å². The second kappa shape index (κ2) is 7.12. The molecule has 0 spiro atoms. The summed E-state index contributed by atoms with van der Waals surface area (Å²) in [6.07, 6.45) is 1.49. The van der Waals surface area contributed by atoms with Crippen LogP contribution in [0, 0.1) is 12.3 Å². The number of nitrogens with one attached hydrogen (secondary N) is 1. The van der Waals surface area contributed by atoms with Gasteiger partial charge in [-0.2, -0.15) is 0 Å². The van der Waals surface area contributed by atoms with E-state index in [9.17, 15) is 14.7 Å². The minimum absolute atomic E-state index is 0.0116. The van der Waals surface area contributed by atoms with Gasteiger partial charge >= 0.3 is 5.97 Å². The molecule has 6 nitrogen and oxygen atoms in total. The Morgan fingerprint density at radius 2 is 2.00 bits per heavy atom. The monoisotopic (exact) mass is 329 g/mol. The van der Waals surface area contributed by atoms with E-state index in [1.54, 1.807) is 0 Å². The van der Waals surface area contributed by atoms with Crippen molar-refractivity contribution in [2.75, 3.05) is 6.61 Å². The number of esters is 1. The fourth-order valence-corrected chi connectivity index (χ4v) is 2.44. The number of ether oxygens (including phenoxy) is 1. The van der Waals surface area contributed by atoms with Crippen molar-refractivity contribution in [2.45, 2.75) is 27.2 Å². The van der Waals surface area contributed by atoms with Crippen LogP contribution >= 0.6 is 0 Å². The number of aryl methyl sites for hydroxylation is 1. The van der Waals surface area contributed by atoms with Crippen molar-refractivity contribution < 1.29 is 23.8 Å². The lowest BCUT2D eigenvalue weighted by atomic mass is 10.1. The molecule has 2 aromatic rings. The molecule has 2 N–H and O–H groups in total. The minimum atomic E-state index is -0.560. The Morgan fingerprint density at radius 3 is 2.62 bits per heavy atom. The van der Waals surface area contributed by atoms with Crippen molar-refractivity contribution in [3.63, 3.8) is 0 Å². The van der Waals surface area contributed by atoms with Gasteiger partial charge in [0.05, 0.1) is 18.3 Å². The Balaban J connectivity index is 2.06. The lowest BCUT2D eigenvalue weighted by Crippen LogP contribution is -2.15. The molecule has 0 bridgehead atoms. The molecule has 0 unspecified atom stereocenters.